The molecule has 0 bridgehead atoms. The van der Waals surface area contributed by atoms with E-state index in [-0.39, 0.29) is 10.8 Å². The fourth-order valence-electron chi connectivity index (χ4n) is 5.63. The van der Waals surface area contributed by atoms with E-state index >= 15 is 0 Å². The van der Waals surface area contributed by atoms with Gasteiger partial charge in [-0.25, -0.2) is 0 Å². The van der Waals surface area contributed by atoms with Crippen LogP contribution >= 0.6 is 0 Å². The van der Waals surface area contributed by atoms with Gasteiger partial charge < -0.3 is 0 Å². The van der Waals surface area contributed by atoms with Crippen LogP contribution in [-0.4, -0.2) is 5.78 Å². The second kappa shape index (κ2) is 3.96. The molecule has 1 nitrogen and oxygen atoms in total. The maximum atomic E-state index is 12.3. The molecule has 0 spiro atoms. The molecule has 106 valence electrons. The van der Waals surface area contributed by atoms with Gasteiger partial charge in [-0.05, 0) is 55.3 Å². The Morgan fingerprint density at radius 1 is 1.11 bits per heavy atom. The molecule has 0 aliphatic heterocycles. The summed E-state index contributed by atoms with van der Waals surface area (Å²) >= 11 is 0. The van der Waals surface area contributed by atoms with Crippen LogP contribution in [-0.2, 0) is 4.79 Å². The van der Waals surface area contributed by atoms with Crippen LogP contribution < -0.4 is 0 Å². The number of hydrogen-bond donors (Lipinski definition) is 0. The maximum absolute atomic E-state index is 12.3. The predicted octanol–water partition coefficient (Wildman–Crippen LogP) is 4.91. The van der Waals surface area contributed by atoms with Gasteiger partial charge in [0.05, 0.1) is 0 Å². The quantitative estimate of drug-likeness (QED) is 0.566. The summed E-state index contributed by atoms with van der Waals surface area (Å²) in [6.45, 7) is 9.33. The first-order valence-corrected chi connectivity index (χ1v) is 8.05. The number of allylic oxidation sites excluding steroid dienone is 2. The second-order valence-electron chi connectivity index (χ2n) is 8.22. The van der Waals surface area contributed by atoms with Crippen LogP contribution in [0.5, 0.6) is 0 Å². The van der Waals surface area contributed by atoms with Crippen molar-refractivity contribution in [3.05, 3.63) is 11.6 Å². The highest BCUT2D eigenvalue weighted by Gasteiger charge is 2.57. The first kappa shape index (κ1) is 13.4. The Kier molecular flexibility index (Phi) is 2.79. The minimum Gasteiger partial charge on any atom is -0.299 e. The Hall–Kier alpha value is -0.590. The van der Waals surface area contributed by atoms with E-state index in [0.717, 1.165) is 12.8 Å². The van der Waals surface area contributed by atoms with Gasteiger partial charge in [0.25, 0.3) is 0 Å². The van der Waals surface area contributed by atoms with Crippen molar-refractivity contribution in [1.29, 1.82) is 0 Å². The summed E-state index contributed by atoms with van der Waals surface area (Å²) in [7, 11) is 0. The average molecular weight is 260 g/mol. The Morgan fingerprint density at radius 2 is 1.84 bits per heavy atom. The maximum Gasteiger partial charge on any atom is 0.138 e. The first-order valence-electron chi connectivity index (χ1n) is 8.05. The number of Topliss-reactive ketones (excluding diaryl/α,β-unsaturated/α-hetero) is 1. The minimum atomic E-state index is -0.118. The van der Waals surface area contributed by atoms with Gasteiger partial charge in [-0.1, -0.05) is 39.3 Å². The standard InChI is InChI=1S/C18H28O/c1-16(2)13-8-11-17(3)10-6-5-7-14(17)18(13,4)12-9-15(16)19/h7,13H,5-6,8-12H2,1-4H3/t13?,17-,18+/m1/s1. The SMILES string of the molecule is CC1(C)C(=O)CC[C@]2(C)C3=CCCC[C@]3(C)CCC12. The Balaban J connectivity index is 2.07. The van der Waals surface area contributed by atoms with E-state index in [1.54, 1.807) is 5.57 Å². The van der Waals surface area contributed by atoms with Gasteiger partial charge in [-0.3, -0.25) is 4.79 Å². The van der Waals surface area contributed by atoms with Crippen molar-refractivity contribution in [3.8, 4) is 0 Å². The molecule has 3 atom stereocenters. The fourth-order valence-corrected chi connectivity index (χ4v) is 5.63. The smallest absolute Gasteiger partial charge is 0.138 e. The summed E-state index contributed by atoms with van der Waals surface area (Å²) in [5, 5.41) is 0. The highest BCUT2D eigenvalue weighted by molar-refractivity contribution is 5.85. The fraction of sp³-hybridized carbons (Fsp3) is 0.833. The molecule has 19 heavy (non-hydrogen) atoms. The molecule has 0 saturated heterocycles. The lowest BCUT2D eigenvalue weighted by molar-refractivity contribution is -0.141. The van der Waals surface area contributed by atoms with Crippen molar-refractivity contribution in [2.45, 2.75) is 72.6 Å². The number of fused-ring (bicyclic) bond motifs is 3. The van der Waals surface area contributed by atoms with Crippen LogP contribution in [0.3, 0.4) is 0 Å². The van der Waals surface area contributed by atoms with Crippen molar-refractivity contribution >= 4 is 5.78 Å². The van der Waals surface area contributed by atoms with Crippen LogP contribution in [0.25, 0.3) is 0 Å². The molecule has 3 aliphatic rings. The highest BCUT2D eigenvalue weighted by atomic mass is 16.1. The Morgan fingerprint density at radius 3 is 2.58 bits per heavy atom. The number of ketones is 1. The van der Waals surface area contributed by atoms with E-state index < -0.39 is 0 Å². The molecule has 2 fully saturated rings. The molecule has 0 N–H and O–H groups in total. The van der Waals surface area contributed by atoms with E-state index in [2.05, 4.69) is 33.8 Å². The van der Waals surface area contributed by atoms with Crippen molar-refractivity contribution in [1.82, 2.24) is 0 Å². The highest BCUT2D eigenvalue weighted by Crippen LogP contribution is 2.65. The monoisotopic (exact) mass is 260 g/mol. The summed E-state index contributed by atoms with van der Waals surface area (Å²) in [6.07, 6.45) is 10.9. The van der Waals surface area contributed by atoms with E-state index in [0.29, 0.717) is 17.1 Å². The van der Waals surface area contributed by atoms with Crippen molar-refractivity contribution in [2.24, 2.45) is 22.2 Å². The van der Waals surface area contributed by atoms with E-state index in [1.165, 1.54) is 32.1 Å². The number of carbonyl (C=O) groups is 1. The lowest BCUT2D eigenvalue weighted by Crippen LogP contribution is -2.54. The van der Waals surface area contributed by atoms with Gasteiger partial charge in [0.2, 0.25) is 0 Å². The van der Waals surface area contributed by atoms with Crippen LogP contribution in [0.4, 0.5) is 0 Å². The zero-order chi connectivity index (χ0) is 13.9. The molecule has 1 unspecified atom stereocenters. The van der Waals surface area contributed by atoms with E-state index in [9.17, 15) is 4.79 Å². The molecule has 0 aromatic carbocycles. The number of carbonyl (C=O) groups excluding carboxylic acids is 1. The lowest BCUT2D eigenvalue weighted by atomic mass is 9.44. The molecule has 2 saturated carbocycles. The van der Waals surface area contributed by atoms with Crippen molar-refractivity contribution in [2.75, 3.05) is 0 Å². The Bertz CT molecular complexity index is 445. The number of hydrogen-bond acceptors (Lipinski definition) is 1. The zero-order valence-electron chi connectivity index (χ0n) is 13.0. The van der Waals surface area contributed by atoms with Crippen LogP contribution in [0, 0.1) is 22.2 Å². The minimum absolute atomic E-state index is 0.118. The Labute approximate surface area is 117 Å². The predicted molar refractivity (Wildman–Crippen MR) is 78.9 cm³/mol. The average Bonchev–Trinajstić information content (AvgIpc) is 2.34. The van der Waals surface area contributed by atoms with Crippen LogP contribution in [0.15, 0.2) is 11.6 Å². The van der Waals surface area contributed by atoms with E-state index in [4.69, 9.17) is 0 Å². The molecular weight excluding hydrogens is 232 g/mol. The van der Waals surface area contributed by atoms with Crippen molar-refractivity contribution < 1.29 is 4.79 Å². The summed E-state index contributed by atoms with van der Waals surface area (Å²) < 4.78 is 0. The normalized spacial score (nSPS) is 45.2. The van der Waals surface area contributed by atoms with Gasteiger partial charge in [-0.2, -0.15) is 0 Å². The molecular formula is C18H28O. The van der Waals surface area contributed by atoms with Crippen LogP contribution in [0.1, 0.15) is 72.6 Å². The van der Waals surface area contributed by atoms with Crippen molar-refractivity contribution in [3.63, 3.8) is 0 Å². The van der Waals surface area contributed by atoms with Gasteiger partial charge in [-0.15, -0.1) is 0 Å². The summed E-state index contributed by atoms with van der Waals surface area (Å²) in [4.78, 5) is 12.3. The topological polar surface area (TPSA) is 17.1 Å². The third-order valence-corrected chi connectivity index (χ3v) is 6.76. The second-order valence-corrected chi connectivity index (χ2v) is 8.22. The van der Waals surface area contributed by atoms with Gasteiger partial charge in [0, 0.05) is 11.8 Å². The first-order chi connectivity index (χ1) is 8.81. The largest absolute Gasteiger partial charge is 0.299 e. The molecule has 0 heterocycles. The van der Waals surface area contributed by atoms with Crippen LogP contribution in [0.2, 0.25) is 0 Å². The molecule has 3 rings (SSSR count). The third-order valence-electron chi connectivity index (χ3n) is 6.76. The molecule has 3 aliphatic carbocycles. The van der Waals surface area contributed by atoms with Gasteiger partial charge >= 0.3 is 0 Å². The summed E-state index contributed by atoms with van der Waals surface area (Å²) in [5.74, 6) is 1.05. The van der Waals surface area contributed by atoms with Gasteiger partial charge in [0.1, 0.15) is 5.78 Å². The summed E-state index contributed by atoms with van der Waals surface area (Å²) in [5.41, 5.74) is 2.31. The molecule has 0 radical (unpaired) electrons. The molecule has 0 amide bonds. The molecule has 0 aromatic heterocycles. The van der Waals surface area contributed by atoms with E-state index in [1.807, 2.05) is 0 Å². The van der Waals surface area contributed by atoms with Gasteiger partial charge in [0.15, 0.2) is 0 Å². The number of rotatable bonds is 0. The molecule has 1 heteroatoms. The lowest BCUT2D eigenvalue weighted by Gasteiger charge is -2.60. The molecule has 0 aromatic rings. The zero-order valence-corrected chi connectivity index (χ0v) is 13.0. The third kappa shape index (κ3) is 1.69. The summed E-state index contributed by atoms with van der Waals surface area (Å²) in [6, 6.07) is 0.